The van der Waals surface area contributed by atoms with E-state index in [4.69, 9.17) is 9.05 Å². The molecule has 1 aliphatic heterocycles. The second-order valence-electron chi connectivity index (χ2n) is 7.14. The van der Waals surface area contributed by atoms with E-state index in [1.165, 1.54) is 0 Å². The maximum Gasteiger partial charge on any atom is 0.564 e. The number of nitrogens with zero attached hydrogens (tertiary/aromatic N) is 2. The Morgan fingerprint density at radius 1 is 1.03 bits per heavy atom. The molecular formula is C24H23N2O4P. The van der Waals surface area contributed by atoms with Gasteiger partial charge in [-0.05, 0) is 47.5 Å². The van der Waals surface area contributed by atoms with Crippen molar-refractivity contribution in [3.63, 3.8) is 0 Å². The number of rotatable bonds is 6. The number of para-hydroxylation sites is 2. The lowest BCUT2D eigenvalue weighted by molar-refractivity contribution is 0.381. The highest BCUT2D eigenvalue weighted by atomic mass is 31.2. The van der Waals surface area contributed by atoms with Crippen molar-refractivity contribution in [1.82, 2.24) is 4.90 Å². The average Bonchev–Trinajstić information content (AvgIpc) is 2.76. The van der Waals surface area contributed by atoms with Gasteiger partial charge in [0, 0.05) is 13.5 Å². The van der Waals surface area contributed by atoms with E-state index in [0.717, 1.165) is 11.1 Å². The molecule has 0 saturated heterocycles. The molecule has 0 radical (unpaired) electrons. The molecule has 6 nitrogen and oxygen atoms in total. The summed E-state index contributed by atoms with van der Waals surface area (Å²) in [6.07, 6.45) is 2.17. The van der Waals surface area contributed by atoms with Crippen LogP contribution in [0.15, 0.2) is 96.3 Å². The van der Waals surface area contributed by atoms with E-state index < -0.39 is 7.75 Å². The summed E-state index contributed by atoms with van der Waals surface area (Å²) in [5.41, 5.74) is 1.89. The normalized spacial score (nSPS) is 17.1. The third-order valence-electron chi connectivity index (χ3n) is 5.01. The van der Waals surface area contributed by atoms with Crippen LogP contribution in [0.4, 0.5) is 0 Å². The van der Waals surface area contributed by atoms with E-state index in [1.54, 1.807) is 66.7 Å². The Kier molecular flexibility index (Phi) is 5.83. The monoisotopic (exact) mass is 434 g/mol. The van der Waals surface area contributed by atoms with E-state index in [-0.39, 0.29) is 11.8 Å². The number of hydrogen-bond donors (Lipinski definition) is 1. The predicted molar refractivity (Wildman–Crippen MR) is 122 cm³/mol. The summed E-state index contributed by atoms with van der Waals surface area (Å²) < 4.78 is 29.9. The minimum Gasteiger partial charge on any atom is -0.508 e. The van der Waals surface area contributed by atoms with Crippen LogP contribution in [0.1, 0.15) is 17.2 Å². The number of likely N-dealkylation sites (N-methyl/N-ethyl adjacent to an activating group) is 1. The van der Waals surface area contributed by atoms with Gasteiger partial charge in [-0.3, -0.25) is 0 Å². The van der Waals surface area contributed by atoms with Gasteiger partial charge in [-0.1, -0.05) is 48.5 Å². The summed E-state index contributed by atoms with van der Waals surface area (Å²) in [4.78, 5) is 1.87. The first kappa shape index (κ1) is 20.8. The van der Waals surface area contributed by atoms with Crippen molar-refractivity contribution in [3.05, 3.63) is 103 Å². The van der Waals surface area contributed by atoms with Crippen molar-refractivity contribution in [2.75, 3.05) is 7.05 Å². The fraction of sp³-hybridized carbons (Fsp3) is 0.125. The first-order valence-corrected chi connectivity index (χ1v) is 11.3. The number of phenolic OH excluding ortho intramolecular Hbond substituents is 1. The average molecular weight is 434 g/mol. The van der Waals surface area contributed by atoms with Gasteiger partial charge in [0.05, 0.1) is 6.04 Å². The zero-order chi connectivity index (χ0) is 21.8. The van der Waals surface area contributed by atoms with E-state index in [9.17, 15) is 9.67 Å². The van der Waals surface area contributed by atoms with Gasteiger partial charge in [-0.25, -0.2) is 4.57 Å². The Hall–Kier alpha value is -3.50. The lowest BCUT2D eigenvalue weighted by Crippen LogP contribution is -2.36. The Morgan fingerprint density at radius 2 is 1.61 bits per heavy atom. The number of benzene rings is 3. The highest BCUT2D eigenvalue weighted by Crippen LogP contribution is 2.51. The third kappa shape index (κ3) is 4.65. The number of amidine groups is 1. The van der Waals surface area contributed by atoms with Crippen LogP contribution in [0.25, 0.3) is 0 Å². The van der Waals surface area contributed by atoms with Gasteiger partial charge < -0.3 is 19.1 Å². The van der Waals surface area contributed by atoms with Gasteiger partial charge in [0.15, 0.2) is 0 Å². The molecule has 3 aromatic rings. The molecule has 0 amide bonds. The SMILES string of the molecule is C=CC1c2cc(O)ccc2C/C(=N/P(=O)(Oc2ccccc2)Oc2ccccc2)N1C. The van der Waals surface area contributed by atoms with Crippen LogP contribution in [0, 0.1) is 0 Å². The first-order chi connectivity index (χ1) is 15.0. The van der Waals surface area contributed by atoms with Crippen LogP contribution in [0.2, 0.25) is 0 Å². The van der Waals surface area contributed by atoms with Gasteiger partial charge >= 0.3 is 7.75 Å². The largest absolute Gasteiger partial charge is 0.564 e. The first-order valence-electron chi connectivity index (χ1n) is 9.83. The fourth-order valence-corrected chi connectivity index (χ4v) is 4.89. The van der Waals surface area contributed by atoms with E-state index in [2.05, 4.69) is 11.3 Å². The number of phenols is 1. The van der Waals surface area contributed by atoms with E-state index in [0.29, 0.717) is 23.8 Å². The minimum atomic E-state index is -3.96. The van der Waals surface area contributed by atoms with Crippen molar-refractivity contribution in [2.24, 2.45) is 4.76 Å². The van der Waals surface area contributed by atoms with Crippen LogP contribution in [0.3, 0.4) is 0 Å². The van der Waals surface area contributed by atoms with Crippen LogP contribution in [0.5, 0.6) is 17.2 Å². The summed E-state index contributed by atoms with van der Waals surface area (Å²) in [6, 6.07) is 22.6. The van der Waals surface area contributed by atoms with Crippen molar-refractivity contribution < 1.29 is 18.7 Å². The Balaban J connectivity index is 1.75. The molecule has 0 bridgehead atoms. The van der Waals surface area contributed by atoms with Gasteiger partial charge in [-0.2, -0.15) is 0 Å². The van der Waals surface area contributed by atoms with Crippen LogP contribution in [-0.2, 0) is 11.0 Å². The zero-order valence-corrected chi connectivity index (χ0v) is 18.0. The van der Waals surface area contributed by atoms with Gasteiger partial charge in [-0.15, -0.1) is 11.3 Å². The topological polar surface area (TPSA) is 71.4 Å². The third-order valence-corrected chi connectivity index (χ3v) is 6.37. The maximum absolute atomic E-state index is 13.8. The lowest BCUT2D eigenvalue weighted by atomic mass is 9.92. The fourth-order valence-electron chi connectivity index (χ4n) is 3.50. The van der Waals surface area contributed by atoms with Gasteiger partial charge in [0.2, 0.25) is 0 Å². The summed E-state index contributed by atoms with van der Waals surface area (Å²) >= 11 is 0. The Labute approximate surface area is 181 Å². The van der Waals surface area contributed by atoms with Crippen LogP contribution in [-0.4, -0.2) is 22.9 Å². The second kappa shape index (κ2) is 8.70. The summed E-state index contributed by atoms with van der Waals surface area (Å²) in [5, 5.41) is 9.90. The molecule has 158 valence electrons. The smallest absolute Gasteiger partial charge is 0.508 e. The molecule has 0 aliphatic carbocycles. The molecule has 1 unspecified atom stereocenters. The summed E-state index contributed by atoms with van der Waals surface area (Å²) in [6.45, 7) is 3.92. The molecule has 0 spiro atoms. The number of aromatic hydroxyl groups is 1. The van der Waals surface area contributed by atoms with Crippen molar-refractivity contribution in [2.45, 2.75) is 12.5 Å². The summed E-state index contributed by atoms with van der Waals surface area (Å²) in [7, 11) is -2.12. The number of fused-ring (bicyclic) bond motifs is 1. The molecule has 7 heteroatoms. The molecule has 1 N–H and O–H groups in total. The molecule has 1 atom stereocenters. The van der Waals surface area contributed by atoms with Crippen LogP contribution < -0.4 is 9.05 Å². The van der Waals surface area contributed by atoms with E-state index in [1.807, 2.05) is 30.1 Å². The number of hydrogen-bond acceptors (Lipinski definition) is 4. The summed E-state index contributed by atoms with van der Waals surface area (Å²) in [5.74, 6) is 1.52. The predicted octanol–water partition coefficient (Wildman–Crippen LogP) is 5.77. The highest BCUT2D eigenvalue weighted by molar-refractivity contribution is 7.53. The van der Waals surface area contributed by atoms with Crippen molar-refractivity contribution in [1.29, 1.82) is 0 Å². The van der Waals surface area contributed by atoms with Crippen molar-refractivity contribution in [3.8, 4) is 17.2 Å². The quantitative estimate of drug-likeness (QED) is 0.394. The molecule has 0 saturated carbocycles. The van der Waals surface area contributed by atoms with Gasteiger partial charge in [0.1, 0.15) is 23.1 Å². The Bertz CT molecular complexity index is 1100. The molecule has 1 aliphatic rings. The molecule has 0 aromatic heterocycles. The molecule has 1 heterocycles. The van der Waals surface area contributed by atoms with Gasteiger partial charge in [0.25, 0.3) is 0 Å². The molecule has 4 rings (SSSR count). The lowest BCUT2D eigenvalue weighted by Gasteiger charge is -2.35. The van der Waals surface area contributed by atoms with E-state index >= 15 is 0 Å². The van der Waals surface area contributed by atoms with Crippen LogP contribution >= 0.6 is 7.75 Å². The molecule has 0 fully saturated rings. The molecule has 3 aromatic carbocycles. The van der Waals surface area contributed by atoms with Crippen molar-refractivity contribution >= 4 is 13.6 Å². The maximum atomic E-state index is 13.8. The highest BCUT2D eigenvalue weighted by Gasteiger charge is 2.34. The second-order valence-corrected chi connectivity index (χ2v) is 8.65. The Morgan fingerprint density at radius 3 is 2.16 bits per heavy atom. The zero-order valence-electron chi connectivity index (χ0n) is 17.1. The minimum absolute atomic E-state index is 0.185. The molecular weight excluding hydrogens is 411 g/mol. The molecule has 31 heavy (non-hydrogen) atoms. The standard InChI is InChI=1S/C24H23N2O4P/c1-3-23-22-17-19(27)15-14-18(22)16-24(26(23)2)25-31(28,29-20-10-6-4-7-11-20)30-21-12-8-5-9-13-21/h3-15,17,23,27H,1,16H2,2H3/b25-24-.